The van der Waals surface area contributed by atoms with Crippen molar-refractivity contribution in [3.8, 4) is 46.5 Å². The third-order valence-electron chi connectivity index (χ3n) is 5.90. The van der Waals surface area contributed by atoms with Gasteiger partial charge in [-0.15, -0.1) is 6.42 Å². The molecule has 8 nitrogen and oxygen atoms in total. The van der Waals surface area contributed by atoms with E-state index in [1.165, 1.54) is 12.4 Å². The second-order valence-electron chi connectivity index (χ2n) is 8.16. The molecule has 0 bridgehead atoms. The molecule has 5 rings (SSSR count). The highest BCUT2D eigenvalue weighted by molar-refractivity contribution is 6.08. The zero-order valence-electron chi connectivity index (χ0n) is 20.0. The molecule has 0 unspecified atom stereocenters. The van der Waals surface area contributed by atoms with Gasteiger partial charge in [0, 0.05) is 30.1 Å². The third kappa shape index (κ3) is 3.88. The van der Waals surface area contributed by atoms with Gasteiger partial charge in [-0.2, -0.15) is 0 Å². The van der Waals surface area contributed by atoms with E-state index in [9.17, 15) is 0 Å². The molecule has 0 amide bonds. The van der Waals surface area contributed by atoms with E-state index in [1.807, 2.05) is 24.6 Å². The minimum Gasteiger partial charge on any atom is -0.421 e. The number of nitrogens with zero attached hydrogens (tertiary/aromatic N) is 6. The molecule has 0 fully saturated rings. The Kier molecular flexibility index (Phi) is 5.78. The van der Waals surface area contributed by atoms with Crippen LogP contribution in [-0.2, 0) is 13.5 Å². The van der Waals surface area contributed by atoms with Crippen LogP contribution in [0.4, 0.5) is 10.2 Å². The van der Waals surface area contributed by atoms with Crippen LogP contribution in [-0.4, -0.2) is 29.5 Å². The number of rotatable bonds is 5. The average molecular weight is 480 g/mol. The first-order valence-corrected chi connectivity index (χ1v) is 11.2. The minimum absolute atomic E-state index is 0.00430. The Balaban J connectivity index is 1.72. The number of fused-ring (bicyclic) bond motifs is 1. The molecule has 4 heterocycles. The number of terminal acetylenes is 1. The topological polar surface area (TPSA) is 105 Å². The fourth-order valence-corrected chi connectivity index (χ4v) is 4.25. The Morgan fingerprint density at radius 2 is 1.94 bits per heavy atom. The summed E-state index contributed by atoms with van der Waals surface area (Å²) < 4.78 is 22.8. The van der Waals surface area contributed by atoms with E-state index in [1.54, 1.807) is 37.4 Å². The van der Waals surface area contributed by atoms with Gasteiger partial charge in [0.2, 0.25) is 0 Å². The van der Waals surface area contributed by atoms with Gasteiger partial charge in [0.25, 0.3) is 0 Å². The van der Waals surface area contributed by atoms with E-state index in [4.69, 9.17) is 16.9 Å². The minimum atomic E-state index is -0.576. The molecule has 0 aliphatic heterocycles. The molecule has 1 aromatic carbocycles. The average Bonchev–Trinajstić information content (AvgIpc) is 3.18. The first kappa shape index (κ1) is 22.9. The van der Waals surface area contributed by atoms with Gasteiger partial charge >= 0.3 is 6.01 Å². The Morgan fingerprint density at radius 3 is 2.67 bits per heavy atom. The number of hydrogen-bond donors (Lipinski definition) is 1. The largest absolute Gasteiger partial charge is 0.421 e. The van der Waals surface area contributed by atoms with E-state index in [0.717, 1.165) is 17.0 Å². The van der Waals surface area contributed by atoms with E-state index in [-0.39, 0.29) is 17.6 Å². The summed E-state index contributed by atoms with van der Waals surface area (Å²) in [5.74, 6) is 2.30. The molecule has 0 spiro atoms. The van der Waals surface area contributed by atoms with E-state index in [2.05, 4.69) is 30.8 Å². The highest BCUT2D eigenvalue weighted by atomic mass is 19.1. The van der Waals surface area contributed by atoms with Crippen LogP contribution in [0.2, 0.25) is 0 Å². The molecule has 5 aromatic rings. The summed E-state index contributed by atoms with van der Waals surface area (Å²) in [4.78, 5) is 21.5. The van der Waals surface area contributed by atoms with Crippen molar-refractivity contribution in [2.75, 3.05) is 5.73 Å². The van der Waals surface area contributed by atoms with E-state index in [0.29, 0.717) is 40.0 Å². The third-order valence-corrected chi connectivity index (χ3v) is 5.90. The molecule has 0 atom stereocenters. The number of nitrogen functional groups attached to an aromatic ring is 1. The number of aryl methyl sites for hydroxylation is 3. The van der Waals surface area contributed by atoms with Gasteiger partial charge in [0.15, 0.2) is 11.6 Å². The number of anilines is 1. The van der Waals surface area contributed by atoms with Crippen LogP contribution in [0.25, 0.3) is 33.4 Å². The lowest BCUT2D eigenvalue weighted by Crippen LogP contribution is -2.01. The molecule has 9 heteroatoms. The molecule has 0 aliphatic carbocycles. The van der Waals surface area contributed by atoms with E-state index < -0.39 is 5.82 Å². The summed E-state index contributed by atoms with van der Waals surface area (Å²) in [5.41, 5.74) is 11.9. The molecule has 0 saturated heterocycles. The fourth-order valence-electron chi connectivity index (χ4n) is 4.25. The molecular formula is C27H22FN7O. The SMILES string of the molecule is C#Cc1ccc(-c2c(-c3ccc(Oc4nccc(C)n4)c(F)c3)c3c(N)ncnc3n2C)c(CC)n1. The smallest absolute Gasteiger partial charge is 0.322 e. The lowest BCUT2D eigenvalue weighted by atomic mass is 9.97. The Labute approximate surface area is 207 Å². The lowest BCUT2D eigenvalue weighted by Gasteiger charge is -2.13. The van der Waals surface area contributed by atoms with Crippen molar-refractivity contribution in [2.45, 2.75) is 20.3 Å². The standard InChI is InChI=1S/C27H22FN7O/c1-5-17-8-9-18(20(6-2)34-17)24-22(23-25(29)31-14-32-26(23)35(24)4)16-7-10-21(19(28)13-16)36-27-30-12-11-15(3)33-27/h1,7-14H,6H2,2-4H3,(H2,29,31,32). The Hall–Kier alpha value is -4.84. The highest BCUT2D eigenvalue weighted by Gasteiger charge is 2.24. The lowest BCUT2D eigenvalue weighted by molar-refractivity contribution is 0.410. The van der Waals surface area contributed by atoms with Crippen LogP contribution in [0, 0.1) is 25.1 Å². The predicted molar refractivity (Wildman–Crippen MR) is 136 cm³/mol. The zero-order chi connectivity index (χ0) is 25.4. The molecule has 0 saturated carbocycles. The van der Waals surface area contributed by atoms with Gasteiger partial charge in [-0.3, -0.25) is 0 Å². The molecule has 0 radical (unpaired) electrons. The van der Waals surface area contributed by atoms with Gasteiger partial charge in [0.05, 0.1) is 16.8 Å². The quantitative estimate of drug-likeness (QED) is 0.359. The molecular weight excluding hydrogens is 457 g/mol. The van der Waals surface area contributed by atoms with Crippen molar-refractivity contribution < 1.29 is 9.13 Å². The summed E-state index contributed by atoms with van der Waals surface area (Å²) in [6.07, 6.45) is 9.18. The number of pyridine rings is 1. The number of benzene rings is 1. The Bertz CT molecular complexity index is 1670. The fraction of sp³-hybridized carbons (Fsp3) is 0.148. The molecule has 4 aromatic heterocycles. The number of ether oxygens (including phenoxy) is 1. The van der Waals surface area contributed by atoms with Crippen LogP contribution >= 0.6 is 0 Å². The van der Waals surface area contributed by atoms with Gasteiger partial charge in [-0.05, 0) is 49.2 Å². The highest BCUT2D eigenvalue weighted by Crippen LogP contribution is 2.43. The van der Waals surface area contributed by atoms with Crippen molar-refractivity contribution >= 4 is 16.9 Å². The van der Waals surface area contributed by atoms with Crippen LogP contribution in [0.5, 0.6) is 11.8 Å². The van der Waals surface area contributed by atoms with Crippen molar-refractivity contribution in [1.82, 2.24) is 29.5 Å². The maximum atomic E-state index is 15.3. The van der Waals surface area contributed by atoms with Gasteiger partial charge < -0.3 is 15.0 Å². The van der Waals surface area contributed by atoms with Crippen molar-refractivity contribution in [1.29, 1.82) is 0 Å². The maximum absolute atomic E-state index is 15.3. The van der Waals surface area contributed by atoms with E-state index >= 15 is 4.39 Å². The summed E-state index contributed by atoms with van der Waals surface area (Å²) in [6.45, 7) is 3.81. The van der Waals surface area contributed by atoms with Crippen molar-refractivity contribution in [3.63, 3.8) is 0 Å². The number of nitrogens with two attached hydrogens (primary N) is 1. The van der Waals surface area contributed by atoms with Crippen LogP contribution in [0.1, 0.15) is 24.0 Å². The van der Waals surface area contributed by atoms with Crippen LogP contribution < -0.4 is 10.5 Å². The number of halogens is 1. The Morgan fingerprint density at radius 1 is 1.11 bits per heavy atom. The second kappa shape index (κ2) is 9.07. The zero-order valence-corrected chi connectivity index (χ0v) is 20.0. The number of hydrogen-bond acceptors (Lipinski definition) is 7. The summed E-state index contributed by atoms with van der Waals surface area (Å²) >= 11 is 0. The van der Waals surface area contributed by atoms with Crippen LogP contribution in [0.15, 0.2) is 48.9 Å². The van der Waals surface area contributed by atoms with Gasteiger partial charge in [-0.1, -0.05) is 18.9 Å². The summed E-state index contributed by atoms with van der Waals surface area (Å²) in [7, 11) is 1.88. The first-order valence-electron chi connectivity index (χ1n) is 11.2. The summed E-state index contributed by atoms with van der Waals surface area (Å²) in [5, 5.41) is 0.619. The predicted octanol–water partition coefficient (Wildman–Crippen LogP) is 4.85. The second-order valence-corrected chi connectivity index (χ2v) is 8.16. The van der Waals surface area contributed by atoms with Crippen molar-refractivity contribution in [2.24, 2.45) is 7.05 Å². The monoisotopic (exact) mass is 479 g/mol. The van der Waals surface area contributed by atoms with Gasteiger partial charge in [-0.25, -0.2) is 29.3 Å². The summed E-state index contributed by atoms with van der Waals surface area (Å²) in [6, 6.07) is 10.2. The normalized spacial score (nSPS) is 11.0. The maximum Gasteiger partial charge on any atom is 0.322 e. The first-order chi connectivity index (χ1) is 17.4. The molecule has 36 heavy (non-hydrogen) atoms. The van der Waals surface area contributed by atoms with Crippen molar-refractivity contribution in [3.05, 3.63) is 71.8 Å². The van der Waals surface area contributed by atoms with Crippen LogP contribution in [0.3, 0.4) is 0 Å². The number of aromatic nitrogens is 6. The molecule has 0 aliphatic rings. The van der Waals surface area contributed by atoms with Gasteiger partial charge in [0.1, 0.15) is 23.5 Å². The molecule has 2 N–H and O–H groups in total. The molecule has 178 valence electrons.